The molecule has 2 aromatic heterocycles. The number of esters is 1. The monoisotopic (exact) mass is 437 g/mol. The number of nitrogens with zero attached hydrogens (tertiary/aromatic N) is 1. The molecule has 1 aliphatic carbocycles. The maximum Gasteiger partial charge on any atom is 0.339 e. The van der Waals surface area contributed by atoms with Crippen LogP contribution in [0.5, 0.6) is 5.75 Å². The Labute approximate surface area is 187 Å². The fourth-order valence-corrected chi connectivity index (χ4v) is 4.87. The Balaban J connectivity index is 1.38. The van der Waals surface area contributed by atoms with Crippen molar-refractivity contribution in [2.45, 2.75) is 25.8 Å². The van der Waals surface area contributed by atoms with Crippen LogP contribution in [0.3, 0.4) is 0 Å². The number of aryl methyl sites for hydroxylation is 1. The maximum absolute atomic E-state index is 12.9. The molecule has 0 aliphatic heterocycles. The van der Waals surface area contributed by atoms with Gasteiger partial charge in [-0.3, -0.25) is 4.79 Å². The average molecular weight is 437 g/mol. The van der Waals surface area contributed by atoms with Crippen LogP contribution in [0.4, 0.5) is 0 Å². The molecule has 0 fully saturated rings. The summed E-state index contributed by atoms with van der Waals surface area (Å²) in [5.41, 5.74) is 3.16. The quantitative estimate of drug-likeness (QED) is 0.181. The lowest BCUT2D eigenvalue weighted by molar-refractivity contribution is -0.134. The van der Waals surface area contributed by atoms with Gasteiger partial charge in [-0.15, -0.1) is 0 Å². The highest BCUT2D eigenvalue weighted by Gasteiger charge is 2.20. The number of aromatic nitrogens is 1. The van der Waals surface area contributed by atoms with Crippen molar-refractivity contribution in [2.24, 2.45) is 0 Å². The molecular formula is C27H19NO5. The summed E-state index contributed by atoms with van der Waals surface area (Å²) in [7, 11) is 0. The molecule has 1 aliphatic rings. The minimum atomic E-state index is -0.489. The van der Waals surface area contributed by atoms with Gasteiger partial charge in [0.1, 0.15) is 17.9 Å². The molecule has 6 nitrogen and oxygen atoms in total. The van der Waals surface area contributed by atoms with Crippen LogP contribution in [0.15, 0.2) is 80.7 Å². The molecule has 3 aromatic carbocycles. The van der Waals surface area contributed by atoms with Crippen molar-refractivity contribution in [3.63, 3.8) is 0 Å². The number of carbonyl (C=O) groups excluding carboxylic acids is 1. The third kappa shape index (κ3) is 3.14. The number of benzene rings is 3. The lowest BCUT2D eigenvalue weighted by Crippen LogP contribution is -2.20. The third-order valence-corrected chi connectivity index (χ3v) is 6.34. The summed E-state index contributed by atoms with van der Waals surface area (Å²) in [5.74, 6) is -0.180. The van der Waals surface area contributed by atoms with E-state index in [0.717, 1.165) is 35.8 Å². The molecule has 6 rings (SSSR count). The van der Waals surface area contributed by atoms with Crippen LogP contribution in [-0.4, -0.2) is 10.5 Å². The Morgan fingerprint density at radius 2 is 1.52 bits per heavy atom. The van der Waals surface area contributed by atoms with E-state index < -0.39 is 5.97 Å². The summed E-state index contributed by atoms with van der Waals surface area (Å²) < 4.78 is 12.9. The molecule has 0 bridgehead atoms. The van der Waals surface area contributed by atoms with Gasteiger partial charge in [-0.25, -0.2) is 9.59 Å². The molecular weight excluding hydrogens is 418 g/mol. The largest absolute Gasteiger partial charge is 0.425 e. The van der Waals surface area contributed by atoms with Gasteiger partial charge >= 0.3 is 11.6 Å². The summed E-state index contributed by atoms with van der Waals surface area (Å²) in [6.07, 6.45) is 2.53. The lowest BCUT2D eigenvalue weighted by Gasteiger charge is -2.14. The Kier molecular flexibility index (Phi) is 4.40. The number of pyridine rings is 1. The van der Waals surface area contributed by atoms with Gasteiger partial charge < -0.3 is 13.7 Å². The number of carbonyl (C=O) groups is 1. The predicted octanol–water partition coefficient (Wildman–Crippen LogP) is 4.36. The minimum absolute atomic E-state index is 0.0668. The zero-order valence-corrected chi connectivity index (χ0v) is 17.7. The van der Waals surface area contributed by atoms with E-state index in [1.165, 1.54) is 0 Å². The van der Waals surface area contributed by atoms with Crippen molar-refractivity contribution in [3.05, 3.63) is 98.5 Å². The Morgan fingerprint density at radius 1 is 0.848 bits per heavy atom. The van der Waals surface area contributed by atoms with Gasteiger partial charge in [0, 0.05) is 27.8 Å². The van der Waals surface area contributed by atoms with Crippen molar-refractivity contribution >= 4 is 38.7 Å². The molecule has 0 amide bonds. The highest BCUT2D eigenvalue weighted by atomic mass is 16.5. The maximum atomic E-state index is 12.9. The second-order valence-corrected chi connectivity index (χ2v) is 8.28. The Hall–Kier alpha value is -4.19. The normalized spacial score (nSPS) is 13.0. The SMILES string of the molecule is O=C(Cn1c2ccccc2c(=O)c2ccccc21)Oc1ccc2c3c(c(=O)oc2c1)CCC3. The number of rotatable bonds is 3. The van der Waals surface area contributed by atoms with E-state index >= 15 is 0 Å². The lowest BCUT2D eigenvalue weighted by atomic mass is 10.1. The molecule has 0 saturated heterocycles. The van der Waals surface area contributed by atoms with Crippen LogP contribution >= 0.6 is 0 Å². The zero-order valence-electron chi connectivity index (χ0n) is 17.7. The average Bonchev–Trinajstić information content (AvgIpc) is 3.33. The third-order valence-electron chi connectivity index (χ3n) is 6.34. The first-order chi connectivity index (χ1) is 16.1. The van der Waals surface area contributed by atoms with Gasteiger partial charge in [0.15, 0.2) is 5.43 Å². The predicted molar refractivity (Wildman–Crippen MR) is 126 cm³/mol. The summed E-state index contributed by atoms with van der Waals surface area (Å²) >= 11 is 0. The van der Waals surface area contributed by atoms with E-state index in [1.807, 2.05) is 30.3 Å². The molecule has 2 heterocycles. The highest BCUT2D eigenvalue weighted by Crippen LogP contribution is 2.30. The molecule has 0 unspecified atom stereocenters. The highest BCUT2D eigenvalue weighted by molar-refractivity contribution is 5.94. The molecule has 0 spiro atoms. The van der Waals surface area contributed by atoms with Crippen LogP contribution in [0.1, 0.15) is 17.5 Å². The van der Waals surface area contributed by atoms with Crippen molar-refractivity contribution in [2.75, 3.05) is 0 Å². The first kappa shape index (κ1) is 19.5. The van der Waals surface area contributed by atoms with E-state index in [0.29, 0.717) is 33.1 Å². The fraction of sp³-hybridized carbons (Fsp3) is 0.148. The molecule has 162 valence electrons. The summed E-state index contributed by atoms with van der Waals surface area (Å²) in [4.78, 5) is 38.1. The van der Waals surface area contributed by atoms with E-state index in [1.54, 1.807) is 41.0 Å². The molecule has 0 saturated carbocycles. The van der Waals surface area contributed by atoms with Crippen LogP contribution in [0.2, 0.25) is 0 Å². The number of para-hydroxylation sites is 2. The molecule has 5 aromatic rings. The zero-order chi connectivity index (χ0) is 22.5. The summed E-state index contributed by atoms with van der Waals surface area (Å²) in [6, 6.07) is 19.6. The van der Waals surface area contributed by atoms with Gasteiger partial charge in [0.2, 0.25) is 0 Å². The summed E-state index contributed by atoms with van der Waals surface area (Å²) in [5, 5.41) is 1.98. The minimum Gasteiger partial charge on any atom is -0.425 e. The topological polar surface area (TPSA) is 78.5 Å². The molecule has 0 atom stereocenters. The van der Waals surface area contributed by atoms with Crippen molar-refractivity contribution < 1.29 is 13.9 Å². The second kappa shape index (κ2) is 7.45. The van der Waals surface area contributed by atoms with E-state index in [9.17, 15) is 14.4 Å². The van der Waals surface area contributed by atoms with E-state index in [4.69, 9.17) is 9.15 Å². The van der Waals surface area contributed by atoms with E-state index in [-0.39, 0.29) is 17.6 Å². The first-order valence-corrected chi connectivity index (χ1v) is 10.9. The van der Waals surface area contributed by atoms with E-state index in [2.05, 4.69) is 0 Å². The smallest absolute Gasteiger partial charge is 0.339 e. The summed E-state index contributed by atoms with van der Waals surface area (Å²) in [6.45, 7) is -0.0759. The number of hydrogen-bond donors (Lipinski definition) is 0. The van der Waals surface area contributed by atoms with Crippen LogP contribution < -0.4 is 15.8 Å². The number of ether oxygens (including phenoxy) is 1. The van der Waals surface area contributed by atoms with Gasteiger partial charge in [0.25, 0.3) is 0 Å². The fourth-order valence-electron chi connectivity index (χ4n) is 4.87. The number of hydrogen-bond acceptors (Lipinski definition) is 5. The standard InChI is InChI=1S/C27H19NO5/c29-25(32-16-12-13-18-17-8-5-9-19(17)27(31)33-24(18)14-16)15-28-22-10-3-1-6-20(22)26(30)21-7-2-4-11-23(21)28/h1-4,6-7,10-14H,5,8-9,15H2. The van der Waals surface area contributed by atoms with Crippen LogP contribution in [0, 0.1) is 0 Å². The molecule has 0 N–H and O–H groups in total. The molecule has 0 radical (unpaired) electrons. The van der Waals surface area contributed by atoms with Gasteiger partial charge in [-0.2, -0.15) is 0 Å². The Morgan fingerprint density at radius 3 is 2.24 bits per heavy atom. The second-order valence-electron chi connectivity index (χ2n) is 8.28. The van der Waals surface area contributed by atoms with Gasteiger partial charge in [-0.05, 0) is 61.2 Å². The Bertz CT molecular complexity index is 1650. The molecule has 6 heteroatoms. The van der Waals surface area contributed by atoms with Gasteiger partial charge in [0.05, 0.1) is 11.0 Å². The van der Waals surface area contributed by atoms with Gasteiger partial charge in [-0.1, -0.05) is 24.3 Å². The van der Waals surface area contributed by atoms with Crippen molar-refractivity contribution in [3.8, 4) is 5.75 Å². The van der Waals surface area contributed by atoms with Crippen molar-refractivity contribution in [1.82, 2.24) is 4.57 Å². The first-order valence-electron chi connectivity index (χ1n) is 10.9. The van der Waals surface area contributed by atoms with Crippen molar-refractivity contribution in [1.29, 1.82) is 0 Å². The van der Waals surface area contributed by atoms with Crippen LogP contribution in [-0.2, 0) is 24.2 Å². The van der Waals surface area contributed by atoms with Crippen LogP contribution in [0.25, 0.3) is 32.8 Å². The molecule has 33 heavy (non-hydrogen) atoms. The number of fused-ring (bicyclic) bond motifs is 5.